The van der Waals surface area contributed by atoms with Gasteiger partial charge >= 0.3 is 0 Å². The molecule has 1 atom stereocenters. The Labute approximate surface area is 144 Å². The van der Waals surface area contributed by atoms with Gasteiger partial charge in [0.15, 0.2) is 5.82 Å². The van der Waals surface area contributed by atoms with E-state index in [0.29, 0.717) is 16.7 Å². The molecule has 0 amide bonds. The van der Waals surface area contributed by atoms with Crippen LogP contribution in [0.4, 0.5) is 14.6 Å². The Morgan fingerprint density at radius 2 is 1.84 bits per heavy atom. The monoisotopic (exact) mass is 343 g/mol. The predicted octanol–water partition coefficient (Wildman–Crippen LogP) is 5.06. The number of para-hydroxylation sites is 1. The molecule has 0 spiro atoms. The minimum absolute atomic E-state index is 0.182. The van der Waals surface area contributed by atoms with Gasteiger partial charge in [-0.05, 0) is 32.0 Å². The van der Waals surface area contributed by atoms with E-state index < -0.39 is 12.2 Å². The van der Waals surface area contributed by atoms with E-state index in [4.69, 9.17) is 4.74 Å². The summed E-state index contributed by atoms with van der Waals surface area (Å²) in [6.45, 7) is 3.93. The summed E-state index contributed by atoms with van der Waals surface area (Å²) in [7, 11) is 1.61. The van der Waals surface area contributed by atoms with Gasteiger partial charge in [-0.1, -0.05) is 29.8 Å². The van der Waals surface area contributed by atoms with Gasteiger partial charge in [0.25, 0.3) is 6.43 Å². The van der Waals surface area contributed by atoms with E-state index in [-0.39, 0.29) is 6.04 Å². The number of rotatable bonds is 5. The summed E-state index contributed by atoms with van der Waals surface area (Å²) in [5.41, 5.74) is 2.51. The van der Waals surface area contributed by atoms with Crippen LogP contribution >= 0.6 is 0 Å². The summed E-state index contributed by atoms with van der Waals surface area (Å²) in [4.78, 5) is 7.97. The molecule has 0 bridgehead atoms. The maximum atomic E-state index is 13.1. The minimum Gasteiger partial charge on any atom is -0.496 e. The number of alkyl halides is 2. The number of aromatic nitrogens is 2. The van der Waals surface area contributed by atoms with Crippen molar-refractivity contribution in [3.8, 4) is 5.75 Å². The molecule has 1 N–H and O–H groups in total. The van der Waals surface area contributed by atoms with Crippen molar-refractivity contribution in [2.45, 2.75) is 26.3 Å². The number of hydrogen-bond acceptors (Lipinski definition) is 4. The summed E-state index contributed by atoms with van der Waals surface area (Å²) in [5.74, 6) is 0.639. The number of aryl methyl sites for hydroxylation is 1. The molecular formula is C19H19F2N3O. The molecule has 4 nitrogen and oxygen atoms in total. The number of nitrogens with one attached hydrogen (secondary N) is 1. The van der Waals surface area contributed by atoms with Gasteiger partial charge in [0.1, 0.15) is 11.6 Å². The first-order valence-electron chi connectivity index (χ1n) is 7.95. The quantitative estimate of drug-likeness (QED) is 0.703. The first-order valence-corrected chi connectivity index (χ1v) is 7.95. The fourth-order valence-electron chi connectivity index (χ4n) is 2.78. The lowest BCUT2D eigenvalue weighted by Crippen LogP contribution is -2.11. The standard InChI is InChI=1S/C19H19F2N3O/c1-11-8-9-16(25-3)14(10-11)12(2)22-18-13-6-4-5-7-15(13)23-19(24-18)17(20)21/h4-10,12,17H,1-3H3,(H,22,23,24). The van der Waals surface area contributed by atoms with Gasteiger partial charge in [-0.15, -0.1) is 0 Å². The third-order valence-electron chi connectivity index (χ3n) is 4.02. The number of anilines is 1. The predicted molar refractivity (Wildman–Crippen MR) is 94.3 cm³/mol. The van der Waals surface area contributed by atoms with Gasteiger partial charge in [0.05, 0.1) is 18.7 Å². The van der Waals surface area contributed by atoms with Crippen molar-refractivity contribution in [2.24, 2.45) is 0 Å². The van der Waals surface area contributed by atoms with Crippen molar-refractivity contribution in [2.75, 3.05) is 12.4 Å². The average Bonchev–Trinajstić information content (AvgIpc) is 2.61. The van der Waals surface area contributed by atoms with E-state index in [0.717, 1.165) is 16.9 Å². The molecule has 0 aliphatic heterocycles. The summed E-state index contributed by atoms with van der Waals surface area (Å²) in [6.07, 6.45) is -2.73. The molecule has 0 aliphatic carbocycles. The SMILES string of the molecule is COc1ccc(C)cc1C(C)Nc1nc(C(F)F)nc2ccccc12. The highest BCUT2D eigenvalue weighted by Crippen LogP contribution is 2.31. The Kier molecular flexibility index (Phi) is 4.79. The molecule has 6 heteroatoms. The van der Waals surface area contributed by atoms with Crippen molar-refractivity contribution < 1.29 is 13.5 Å². The Balaban J connectivity index is 2.04. The van der Waals surface area contributed by atoms with Crippen LogP contribution in [0.1, 0.15) is 36.3 Å². The van der Waals surface area contributed by atoms with Crippen LogP contribution in [0, 0.1) is 6.92 Å². The number of methoxy groups -OCH3 is 1. The van der Waals surface area contributed by atoms with Gasteiger partial charge in [-0.25, -0.2) is 18.7 Å². The highest BCUT2D eigenvalue weighted by molar-refractivity contribution is 5.89. The summed E-state index contributed by atoms with van der Waals surface area (Å²) >= 11 is 0. The minimum atomic E-state index is -2.73. The molecule has 0 radical (unpaired) electrons. The molecule has 0 saturated heterocycles. The molecule has 3 rings (SSSR count). The Morgan fingerprint density at radius 1 is 1.08 bits per heavy atom. The molecule has 1 aromatic heterocycles. The van der Waals surface area contributed by atoms with Crippen LogP contribution in [0.3, 0.4) is 0 Å². The van der Waals surface area contributed by atoms with Crippen molar-refractivity contribution in [1.29, 1.82) is 0 Å². The zero-order chi connectivity index (χ0) is 18.0. The number of nitrogens with zero attached hydrogens (tertiary/aromatic N) is 2. The second kappa shape index (κ2) is 7.01. The van der Waals surface area contributed by atoms with E-state index in [1.165, 1.54) is 0 Å². The zero-order valence-electron chi connectivity index (χ0n) is 14.3. The van der Waals surface area contributed by atoms with E-state index in [1.54, 1.807) is 19.2 Å². The van der Waals surface area contributed by atoms with E-state index in [9.17, 15) is 8.78 Å². The van der Waals surface area contributed by atoms with Crippen LogP contribution in [0.15, 0.2) is 42.5 Å². The number of ether oxygens (including phenoxy) is 1. The van der Waals surface area contributed by atoms with Crippen LogP contribution in [0.2, 0.25) is 0 Å². The Morgan fingerprint density at radius 3 is 2.56 bits per heavy atom. The van der Waals surface area contributed by atoms with Crippen LogP contribution in [0.5, 0.6) is 5.75 Å². The normalized spacial score (nSPS) is 12.4. The molecule has 130 valence electrons. The van der Waals surface area contributed by atoms with Crippen LogP contribution in [-0.4, -0.2) is 17.1 Å². The van der Waals surface area contributed by atoms with Gasteiger partial charge in [0, 0.05) is 10.9 Å². The largest absolute Gasteiger partial charge is 0.496 e. The highest BCUT2D eigenvalue weighted by Gasteiger charge is 2.18. The lowest BCUT2D eigenvalue weighted by molar-refractivity contribution is 0.141. The zero-order valence-corrected chi connectivity index (χ0v) is 14.3. The lowest BCUT2D eigenvalue weighted by Gasteiger charge is -2.20. The summed E-state index contributed by atoms with van der Waals surface area (Å²) in [5, 5.41) is 3.93. The maximum absolute atomic E-state index is 13.1. The molecule has 2 aromatic carbocycles. The Bertz CT molecular complexity index is 899. The first-order chi connectivity index (χ1) is 12.0. The number of fused-ring (bicyclic) bond motifs is 1. The third kappa shape index (κ3) is 3.52. The van der Waals surface area contributed by atoms with Crippen LogP contribution in [-0.2, 0) is 0 Å². The molecular weight excluding hydrogens is 324 g/mol. The van der Waals surface area contributed by atoms with Crippen molar-refractivity contribution in [3.05, 3.63) is 59.4 Å². The number of benzene rings is 2. The summed E-state index contributed by atoms with van der Waals surface area (Å²) < 4.78 is 31.7. The maximum Gasteiger partial charge on any atom is 0.297 e. The fraction of sp³-hybridized carbons (Fsp3) is 0.263. The second-order valence-electron chi connectivity index (χ2n) is 5.86. The molecule has 0 aliphatic rings. The van der Waals surface area contributed by atoms with E-state index in [1.807, 2.05) is 44.2 Å². The van der Waals surface area contributed by atoms with Crippen LogP contribution < -0.4 is 10.1 Å². The third-order valence-corrected chi connectivity index (χ3v) is 4.02. The smallest absolute Gasteiger partial charge is 0.297 e. The van der Waals surface area contributed by atoms with Crippen molar-refractivity contribution in [3.63, 3.8) is 0 Å². The topological polar surface area (TPSA) is 47.0 Å². The Hall–Kier alpha value is -2.76. The number of hydrogen-bond donors (Lipinski definition) is 1. The van der Waals surface area contributed by atoms with Gasteiger partial charge in [-0.3, -0.25) is 0 Å². The van der Waals surface area contributed by atoms with E-state index >= 15 is 0 Å². The highest BCUT2D eigenvalue weighted by atomic mass is 19.3. The molecule has 3 aromatic rings. The van der Waals surface area contributed by atoms with E-state index in [2.05, 4.69) is 15.3 Å². The first kappa shape index (κ1) is 17.1. The average molecular weight is 343 g/mol. The molecule has 1 unspecified atom stereocenters. The van der Waals surface area contributed by atoms with Crippen molar-refractivity contribution in [1.82, 2.24) is 9.97 Å². The van der Waals surface area contributed by atoms with Gasteiger partial charge in [-0.2, -0.15) is 0 Å². The number of halogens is 2. The van der Waals surface area contributed by atoms with Gasteiger partial charge in [0.2, 0.25) is 0 Å². The van der Waals surface area contributed by atoms with Crippen LogP contribution in [0.25, 0.3) is 10.9 Å². The van der Waals surface area contributed by atoms with Gasteiger partial charge < -0.3 is 10.1 Å². The molecule has 1 heterocycles. The lowest BCUT2D eigenvalue weighted by atomic mass is 10.0. The molecule has 25 heavy (non-hydrogen) atoms. The summed E-state index contributed by atoms with van der Waals surface area (Å²) in [6, 6.07) is 12.8. The second-order valence-corrected chi connectivity index (χ2v) is 5.86. The molecule has 0 saturated carbocycles. The molecule has 0 fully saturated rings. The van der Waals surface area contributed by atoms with Crippen molar-refractivity contribution >= 4 is 16.7 Å². The fourth-order valence-corrected chi connectivity index (χ4v) is 2.78.